The average Bonchev–Trinajstić information content (AvgIpc) is 3.19. The molecule has 1 amide bonds. The molecule has 0 radical (unpaired) electrons. The minimum Gasteiger partial charge on any atom is -0.359 e. The fourth-order valence-corrected chi connectivity index (χ4v) is 4.08. The van der Waals surface area contributed by atoms with Crippen LogP contribution in [0.1, 0.15) is 27.8 Å². The maximum absolute atomic E-state index is 12.3. The first-order chi connectivity index (χ1) is 10.7. The van der Waals surface area contributed by atoms with E-state index in [0.717, 1.165) is 27.5 Å². The van der Waals surface area contributed by atoms with E-state index in [-0.39, 0.29) is 12.1 Å². The average molecular weight is 327 g/mol. The van der Waals surface area contributed by atoms with E-state index in [0.29, 0.717) is 5.56 Å². The number of nitrogens with zero attached hydrogens (tertiary/aromatic N) is 1. The van der Waals surface area contributed by atoms with Crippen LogP contribution in [0.15, 0.2) is 40.4 Å². The molecule has 0 saturated carbocycles. The molecule has 22 heavy (non-hydrogen) atoms. The van der Waals surface area contributed by atoms with Gasteiger partial charge in [0.25, 0.3) is 5.91 Å². The number of aromatic nitrogens is 1. The molecule has 3 heterocycles. The van der Waals surface area contributed by atoms with Crippen molar-refractivity contribution in [3.63, 3.8) is 0 Å². The number of hydrogen-bond donors (Lipinski definition) is 2. The van der Waals surface area contributed by atoms with Crippen molar-refractivity contribution in [2.75, 3.05) is 5.32 Å². The van der Waals surface area contributed by atoms with E-state index in [1.54, 1.807) is 22.7 Å². The van der Waals surface area contributed by atoms with Crippen LogP contribution in [0.4, 0.5) is 5.69 Å². The monoisotopic (exact) mass is 327 g/mol. The van der Waals surface area contributed by atoms with Crippen molar-refractivity contribution >= 4 is 34.3 Å². The number of thiophene rings is 1. The van der Waals surface area contributed by atoms with Gasteiger partial charge in [-0.3, -0.25) is 4.79 Å². The third-order valence-electron chi connectivity index (χ3n) is 3.67. The van der Waals surface area contributed by atoms with E-state index in [1.165, 1.54) is 0 Å². The Morgan fingerprint density at radius 2 is 2.09 bits per heavy atom. The summed E-state index contributed by atoms with van der Waals surface area (Å²) in [4.78, 5) is 16.9. The number of rotatable bonds is 2. The maximum Gasteiger partial charge on any atom is 0.255 e. The lowest BCUT2D eigenvalue weighted by Crippen LogP contribution is -2.38. The molecular formula is C16H13N3OS2. The number of carbonyl (C=O) groups is 1. The molecule has 1 aliphatic heterocycles. The molecule has 2 N–H and O–H groups in total. The summed E-state index contributed by atoms with van der Waals surface area (Å²) in [5.74, 6) is -0.0625. The van der Waals surface area contributed by atoms with Crippen molar-refractivity contribution in [3.8, 4) is 10.6 Å². The Kier molecular flexibility index (Phi) is 3.20. The second-order valence-corrected chi connectivity index (χ2v) is 6.78. The number of anilines is 1. The van der Waals surface area contributed by atoms with Crippen LogP contribution < -0.4 is 10.6 Å². The third kappa shape index (κ3) is 2.20. The molecular weight excluding hydrogens is 314 g/mol. The van der Waals surface area contributed by atoms with Crippen molar-refractivity contribution in [1.82, 2.24) is 10.3 Å². The van der Waals surface area contributed by atoms with Gasteiger partial charge in [-0.15, -0.1) is 11.3 Å². The number of nitrogens with one attached hydrogen (secondary N) is 2. The van der Waals surface area contributed by atoms with Crippen LogP contribution in [-0.2, 0) is 0 Å². The van der Waals surface area contributed by atoms with Gasteiger partial charge in [-0.1, -0.05) is 12.1 Å². The van der Waals surface area contributed by atoms with Gasteiger partial charge in [0.05, 0.1) is 16.9 Å². The summed E-state index contributed by atoms with van der Waals surface area (Å²) in [5, 5.41) is 13.4. The van der Waals surface area contributed by atoms with Gasteiger partial charge in [0.15, 0.2) is 0 Å². The van der Waals surface area contributed by atoms with Crippen LogP contribution in [0, 0.1) is 6.92 Å². The number of para-hydroxylation sites is 1. The van der Waals surface area contributed by atoms with Crippen molar-refractivity contribution in [3.05, 3.63) is 57.2 Å². The predicted octanol–water partition coefficient (Wildman–Crippen LogP) is 4.03. The van der Waals surface area contributed by atoms with Gasteiger partial charge in [-0.25, -0.2) is 4.98 Å². The highest BCUT2D eigenvalue weighted by molar-refractivity contribution is 7.14. The summed E-state index contributed by atoms with van der Waals surface area (Å²) in [7, 11) is 0. The summed E-state index contributed by atoms with van der Waals surface area (Å²) < 4.78 is 0. The zero-order chi connectivity index (χ0) is 15.1. The maximum atomic E-state index is 12.3. The van der Waals surface area contributed by atoms with Gasteiger partial charge < -0.3 is 10.6 Å². The molecule has 0 unspecified atom stereocenters. The highest BCUT2D eigenvalue weighted by Crippen LogP contribution is 2.32. The molecule has 1 aliphatic rings. The van der Waals surface area contributed by atoms with Crippen molar-refractivity contribution in [2.45, 2.75) is 13.1 Å². The van der Waals surface area contributed by atoms with Crippen molar-refractivity contribution < 1.29 is 4.79 Å². The Hall–Kier alpha value is -2.18. The molecule has 0 saturated heterocycles. The van der Waals surface area contributed by atoms with Gasteiger partial charge in [0.2, 0.25) is 0 Å². The lowest BCUT2D eigenvalue weighted by atomic mass is 10.0. The molecule has 3 aromatic rings. The highest BCUT2D eigenvalue weighted by atomic mass is 32.1. The standard InChI is InChI=1S/C16H13N3OS2/c1-9-3-2-4-11-13(9)18-14(19-15(11)20)12-8-22-16(17-12)10-5-6-21-7-10/h2-8,14,18H,1H3,(H,19,20)/t14-/m1/s1. The van der Waals surface area contributed by atoms with Crippen LogP contribution in [0.25, 0.3) is 10.6 Å². The summed E-state index contributed by atoms with van der Waals surface area (Å²) in [6, 6.07) is 7.78. The van der Waals surface area contributed by atoms with E-state index >= 15 is 0 Å². The Labute approximate surface area is 135 Å². The molecule has 0 bridgehead atoms. The normalized spacial score (nSPS) is 16.8. The van der Waals surface area contributed by atoms with E-state index in [1.807, 2.05) is 35.9 Å². The summed E-state index contributed by atoms with van der Waals surface area (Å²) in [5.41, 5.74) is 4.60. The Bertz CT molecular complexity index is 839. The van der Waals surface area contributed by atoms with Crippen LogP contribution >= 0.6 is 22.7 Å². The highest BCUT2D eigenvalue weighted by Gasteiger charge is 2.27. The molecule has 110 valence electrons. The zero-order valence-corrected chi connectivity index (χ0v) is 13.4. The second-order valence-electron chi connectivity index (χ2n) is 5.14. The number of carbonyl (C=O) groups excluding carboxylic acids is 1. The molecule has 4 rings (SSSR count). The molecule has 1 aromatic carbocycles. The van der Waals surface area contributed by atoms with Gasteiger partial charge in [-0.05, 0) is 30.0 Å². The lowest BCUT2D eigenvalue weighted by Gasteiger charge is -2.27. The van der Waals surface area contributed by atoms with Gasteiger partial charge in [-0.2, -0.15) is 11.3 Å². The fraction of sp³-hybridized carbons (Fsp3) is 0.125. The van der Waals surface area contributed by atoms with E-state index in [4.69, 9.17) is 0 Å². The quantitative estimate of drug-likeness (QED) is 0.747. The van der Waals surface area contributed by atoms with Gasteiger partial charge in [0, 0.05) is 16.3 Å². The first kappa shape index (κ1) is 13.5. The summed E-state index contributed by atoms with van der Waals surface area (Å²) >= 11 is 3.25. The zero-order valence-electron chi connectivity index (χ0n) is 11.8. The molecule has 6 heteroatoms. The number of hydrogen-bond acceptors (Lipinski definition) is 5. The Balaban J connectivity index is 1.68. The SMILES string of the molecule is Cc1cccc2c1N[C@@H](c1csc(-c3ccsc3)n1)NC2=O. The van der Waals surface area contributed by atoms with Gasteiger partial charge >= 0.3 is 0 Å². The van der Waals surface area contributed by atoms with Crippen LogP contribution in [0.5, 0.6) is 0 Å². The lowest BCUT2D eigenvalue weighted by molar-refractivity contribution is 0.0935. The molecule has 4 nitrogen and oxygen atoms in total. The molecule has 1 atom stereocenters. The Morgan fingerprint density at radius 3 is 2.91 bits per heavy atom. The minimum absolute atomic E-state index is 0.0625. The molecule has 0 fully saturated rings. The number of aryl methyl sites for hydroxylation is 1. The topological polar surface area (TPSA) is 54.0 Å². The molecule has 0 spiro atoms. The summed E-state index contributed by atoms with van der Waals surface area (Å²) in [6.45, 7) is 2.00. The van der Waals surface area contributed by atoms with Crippen LogP contribution in [-0.4, -0.2) is 10.9 Å². The number of thiazole rings is 1. The van der Waals surface area contributed by atoms with E-state index < -0.39 is 0 Å². The third-order valence-corrected chi connectivity index (χ3v) is 5.26. The van der Waals surface area contributed by atoms with Gasteiger partial charge in [0.1, 0.15) is 11.2 Å². The van der Waals surface area contributed by atoms with Crippen LogP contribution in [0.3, 0.4) is 0 Å². The van der Waals surface area contributed by atoms with Crippen LogP contribution in [0.2, 0.25) is 0 Å². The molecule has 2 aromatic heterocycles. The van der Waals surface area contributed by atoms with E-state index in [2.05, 4.69) is 27.1 Å². The second kappa shape index (κ2) is 5.23. The summed E-state index contributed by atoms with van der Waals surface area (Å²) in [6.07, 6.45) is -0.287. The number of benzene rings is 1. The molecule has 0 aliphatic carbocycles. The van der Waals surface area contributed by atoms with Crippen molar-refractivity contribution in [2.24, 2.45) is 0 Å². The first-order valence-electron chi connectivity index (χ1n) is 6.87. The fourth-order valence-electron chi connectivity index (χ4n) is 2.52. The van der Waals surface area contributed by atoms with Crippen molar-refractivity contribution in [1.29, 1.82) is 0 Å². The number of amides is 1. The Morgan fingerprint density at radius 1 is 1.18 bits per heavy atom. The largest absolute Gasteiger partial charge is 0.359 e. The predicted molar refractivity (Wildman–Crippen MR) is 90.4 cm³/mol. The number of fused-ring (bicyclic) bond motifs is 1. The minimum atomic E-state index is -0.287. The smallest absolute Gasteiger partial charge is 0.255 e. The first-order valence-corrected chi connectivity index (χ1v) is 8.69. The van der Waals surface area contributed by atoms with E-state index in [9.17, 15) is 4.79 Å².